The van der Waals surface area contributed by atoms with Gasteiger partial charge in [-0.3, -0.25) is 0 Å². The highest BCUT2D eigenvalue weighted by atomic mass is 32.1. The molecule has 260 valence electrons. The van der Waals surface area contributed by atoms with E-state index in [0.29, 0.717) is 5.69 Å². The predicted octanol–water partition coefficient (Wildman–Crippen LogP) is 13.4. The normalized spacial score (nSPS) is 12.2. The molecule has 4 nitrogen and oxygen atoms in total. The molecule has 0 aliphatic carbocycles. The van der Waals surface area contributed by atoms with Crippen LogP contribution >= 0.6 is 11.3 Å². The molecule has 11 rings (SSSR count). The van der Waals surface area contributed by atoms with Crippen molar-refractivity contribution in [2.75, 3.05) is 11.1 Å². The Hall–Kier alpha value is -7.08. The maximum atomic E-state index is 6.49. The van der Waals surface area contributed by atoms with Gasteiger partial charge in [-0.1, -0.05) is 121 Å². The molecule has 0 bridgehead atoms. The van der Waals surface area contributed by atoms with Crippen LogP contribution in [0.2, 0.25) is 0 Å². The fourth-order valence-electron chi connectivity index (χ4n) is 8.34. The Bertz CT molecular complexity index is 3290. The van der Waals surface area contributed by atoms with E-state index in [0.717, 1.165) is 33.9 Å². The first-order chi connectivity index (χ1) is 27.2. The minimum atomic E-state index is 0.699. The number of anilines is 2. The Morgan fingerprint density at radius 3 is 2.02 bits per heavy atom. The van der Waals surface area contributed by atoms with Gasteiger partial charge in [-0.15, -0.1) is 11.3 Å². The van der Waals surface area contributed by atoms with Crippen LogP contribution in [0.5, 0.6) is 0 Å². The van der Waals surface area contributed by atoms with Crippen LogP contribution in [0.1, 0.15) is 11.1 Å². The quantitative estimate of drug-likeness (QED) is 0.133. The molecule has 0 radical (unpaired) electrons. The zero-order valence-corrected chi connectivity index (χ0v) is 30.6. The van der Waals surface area contributed by atoms with Gasteiger partial charge in [-0.25, -0.2) is 0 Å². The summed E-state index contributed by atoms with van der Waals surface area (Å²) >= 11 is 1.88. The van der Waals surface area contributed by atoms with Crippen LogP contribution in [0.4, 0.5) is 11.4 Å². The molecule has 0 saturated carbocycles. The Balaban J connectivity index is 1.23. The van der Waals surface area contributed by atoms with Crippen LogP contribution in [0.15, 0.2) is 182 Å². The summed E-state index contributed by atoms with van der Waals surface area (Å²) in [4.78, 5) is 0. The zero-order chi connectivity index (χ0) is 36.5. The number of nitrogens with zero attached hydrogens (tertiary/aromatic N) is 2. The highest BCUT2D eigenvalue weighted by molar-refractivity contribution is 7.26. The first kappa shape index (κ1) is 31.4. The van der Waals surface area contributed by atoms with Crippen molar-refractivity contribution in [1.29, 1.82) is 0 Å². The molecule has 0 atom stereocenters. The first-order valence-electron chi connectivity index (χ1n) is 18.6. The molecular weight excluding hydrogens is 689 g/mol. The van der Waals surface area contributed by atoms with Crippen LogP contribution in [0, 0.1) is 0 Å². The third-order valence-electron chi connectivity index (χ3n) is 10.8. The second-order valence-electron chi connectivity index (χ2n) is 14.1. The lowest BCUT2D eigenvalue weighted by atomic mass is 10.1. The maximum absolute atomic E-state index is 6.49. The molecule has 3 heterocycles. The molecule has 0 fully saturated rings. The molecule has 3 N–H and O–H groups in total. The van der Waals surface area contributed by atoms with Crippen molar-refractivity contribution in [2.24, 2.45) is 0 Å². The molecule has 5 heteroatoms. The zero-order valence-electron chi connectivity index (χ0n) is 29.8. The lowest BCUT2D eigenvalue weighted by Crippen LogP contribution is -2.03. The van der Waals surface area contributed by atoms with Crippen molar-refractivity contribution in [3.05, 3.63) is 193 Å². The fraction of sp³-hybridized carbons (Fsp3) is 0. The predicted molar refractivity (Wildman–Crippen MR) is 237 cm³/mol. The van der Waals surface area contributed by atoms with Crippen molar-refractivity contribution in [3.63, 3.8) is 0 Å². The summed E-state index contributed by atoms with van der Waals surface area (Å²) in [6.45, 7) is 0. The number of nitrogens with two attached hydrogens (primary N) is 1. The third-order valence-corrected chi connectivity index (χ3v) is 12.0. The van der Waals surface area contributed by atoms with E-state index in [4.69, 9.17) is 5.73 Å². The number of hydrogen-bond donors (Lipinski definition) is 2. The van der Waals surface area contributed by atoms with E-state index >= 15 is 0 Å². The lowest BCUT2D eigenvalue weighted by Gasteiger charge is -2.16. The minimum Gasteiger partial charge on any atom is -0.397 e. The molecule has 0 aliphatic rings. The molecule has 0 unspecified atom stereocenters. The molecule has 0 saturated heterocycles. The lowest BCUT2D eigenvalue weighted by molar-refractivity contribution is 1.17. The van der Waals surface area contributed by atoms with E-state index in [2.05, 4.69) is 172 Å². The topological polar surface area (TPSA) is 47.9 Å². The second kappa shape index (κ2) is 12.5. The van der Waals surface area contributed by atoms with Gasteiger partial charge in [0.2, 0.25) is 0 Å². The van der Waals surface area contributed by atoms with E-state index in [-0.39, 0.29) is 0 Å². The molecule has 11 aromatic rings. The number of nitrogen functional groups attached to an aromatic ring is 1. The number of benzene rings is 8. The smallest absolute Gasteiger partial charge is 0.0719 e. The summed E-state index contributed by atoms with van der Waals surface area (Å²) in [6, 6.07) is 65.0. The number of para-hydroxylation sites is 4. The number of aromatic nitrogens is 2. The van der Waals surface area contributed by atoms with Crippen molar-refractivity contribution in [3.8, 4) is 11.4 Å². The molecule has 55 heavy (non-hydrogen) atoms. The summed E-state index contributed by atoms with van der Waals surface area (Å²) in [5, 5.41) is 11.2. The van der Waals surface area contributed by atoms with Gasteiger partial charge in [0.25, 0.3) is 0 Å². The van der Waals surface area contributed by atoms with Gasteiger partial charge in [0, 0.05) is 59.7 Å². The standard InChI is InChI=1S/C50H34N4S/c51-42-22-9-10-23-43(42)52-44(28-32-14-3-1-4-15-32)33-16-13-19-35(29-33)54-47-31-46-40(36-20-7-11-24-45(36)53(46)34-17-5-2-6-18-34)30-41(47)38-26-27-39-37-21-8-12-25-48(37)55-50(39)49(38)54/h1-31,52H,51H2/b44-28+. The number of thiophene rings is 1. The number of rotatable bonds is 6. The summed E-state index contributed by atoms with van der Waals surface area (Å²) in [5.41, 5.74) is 18.2. The van der Waals surface area contributed by atoms with E-state index < -0.39 is 0 Å². The van der Waals surface area contributed by atoms with Crippen LogP contribution in [0.3, 0.4) is 0 Å². The Labute approximate surface area is 321 Å². The molecule has 0 aliphatic heterocycles. The third kappa shape index (κ3) is 5.05. The van der Waals surface area contributed by atoms with Crippen LogP contribution in [-0.4, -0.2) is 9.13 Å². The van der Waals surface area contributed by atoms with Gasteiger partial charge in [-0.2, -0.15) is 0 Å². The Kier molecular flexibility index (Phi) is 7.15. The summed E-state index contributed by atoms with van der Waals surface area (Å²) in [5.74, 6) is 0. The summed E-state index contributed by atoms with van der Waals surface area (Å²) < 4.78 is 7.48. The molecule has 8 aromatic carbocycles. The Morgan fingerprint density at radius 1 is 0.491 bits per heavy atom. The number of nitrogens with one attached hydrogen (secondary N) is 1. The van der Waals surface area contributed by atoms with Crippen LogP contribution in [-0.2, 0) is 0 Å². The van der Waals surface area contributed by atoms with Gasteiger partial charge >= 0.3 is 0 Å². The summed E-state index contributed by atoms with van der Waals surface area (Å²) in [6.07, 6.45) is 2.20. The number of hydrogen-bond acceptors (Lipinski definition) is 3. The first-order valence-corrected chi connectivity index (χ1v) is 19.4. The van der Waals surface area contributed by atoms with Gasteiger partial charge in [0.1, 0.15) is 0 Å². The van der Waals surface area contributed by atoms with E-state index in [1.807, 2.05) is 41.7 Å². The van der Waals surface area contributed by atoms with E-state index in [9.17, 15) is 0 Å². The van der Waals surface area contributed by atoms with E-state index in [1.54, 1.807) is 0 Å². The minimum absolute atomic E-state index is 0.699. The SMILES string of the molecule is Nc1ccccc1N/C(=C/c1ccccc1)c1cccc(-n2c3cc4c(cc3c3ccc5c6ccccc6sc5c32)c2ccccc2n4-c2ccccc2)c1. The number of fused-ring (bicyclic) bond motifs is 10. The van der Waals surface area contributed by atoms with Crippen molar-refractivity contribution < 1.29 is 0 Å². The molecule has 0 spiro atoms. The Morgan fingerprint density at radius 2 is 1.16 bits per heavy atom. The van der Waals surface area contributed by atoms with Crippen LogP contribution < -0.4 is 11.1 Å². The van der Waals surface area contributed by atoms with Gasteiger partial charge in [0.05, 0.1) is 38.1 Å². The van der Waals surface area contributed by atoms with Crippen molar-refractivity contribution >= 4 is 98.3 Å². The van der Waals surface area contributed by atoms with Gasteiger partial charge < -0.3 is 20.2 Å². The summed E-state index contributed by atoms with van der Waals surface area (Å²) in [7, 11) is 0. The van der Waals surface area contributed by atoms with Gasteiger partial charge in [-0.05, 0) is 72.3 Å². The average molecular weight is 723 g/mol. The molecule has 3 aromatic heterocycles. The average Bonchev–Trinajstić information content (AvgIpc) is 3.89. The van der Waals surface area contributed by atoms with Crippen molar-refractivity contribution in [2.45, 2.75) is 0 Å². The molecular formula is C50H34N4S. The van der Waals surface area contributed by atoms with E-state index in [1.165, 1.54) is 63.8 Å². The second-order valence-corrected chi connectivity index (χ2v) is 15.1. The van der Waals surface area contributed by atoms with Crippen LogP contribution in [0.25, 0.3) is 86.9 Å². The van der Waals surface area contributed by atoms with Gasteiger partial charge in [0.15, 0.2) is 0 Å². The molecule has 0 amide bonds. The maximum Gasteiger partial charge on any atom is 0.0719 e. The van der Waals surface area contributed by atoms with Crippen molar-refractivity contribution in [1.82, 2.24) is 9.13 Å². The monoisotopic (exact) mass is 722 g/mol. The highest BCUT2D eigenvalue weighted by Crippen LogP contribution is 2.45. The largest absolute Gasteiger partial charge is 0.397 e. The fourth-order valence-corrected chi connectivity index (χ4v) is 9.58. The highest BCUT2D eigenvalue weighted by Gasteiger charge is 2.21.